The molecule has 0 radical (unpaired) electrons. The standard InChI is InChI=1S/C17H18BrCl2N/c1-2-9-21-17(13-5-3-4-6-14(13)18)11-12-7-8-15(19)16(20)10-12/h3-8,10,17,21H,2,9,11H2,1H3. The van der Waals surface area contributed by atoms with E-state index in [0.717, 1.165) is 23.9 Å². The molecule has 21 heavy (non-hydrogen) atoms. The Bertz CT molecular complexity index is 601. The predicted octanol–water partition coefficient (Wildman–Crippen LogP) is 6.04. The summed E-state index contributed by atoms with van der Waals surface area (Å²) in [6.45, 7) is 3.15. The molecule has 0 fully saturated rings. The zero-order valence-corrected chi connectivity index (χ0v) is 15.0. The summed E-state index contributed by atoms with van der Waals surface area (Å²) in [7, 11) is 0. The van der Waals surface area contributed by atoms with Crippen LogP contribution in [0.2, 0.25) is 10.0 Å². The minimum atomic E-state index is 0.248. The topological polar surface area (TPSA) is 12.0 Å². The number of nitrogens with one attached hydrogen (secondary N) is 1. The molecule has 1 N–H and O–H groups in total. The van der Waals surface area contributed by atoms with Gasteiger partial charge in [-0.05, 0) is 48.7 Å². The van der Waals surface area contributed by atoms with Crippen molar-refractivity contribution in [3.05, 3.63) is 68.1 Å². The van der Waals surface area contributed by atoms with Crippen LogP contribution in [0.25, 0.3) is 0 Å². The molecule has 1 nitrogen and oxygen atoms in total. The highest BCUT2D eigenvalue weighted by Gasteiger charge is 2.14. The Kier molecular flexibility index (Phi) is 6.56. The van der Waals surface area contributed by atoms with Crippen molar-refractivity contribution in [2.45, 2.75) is 25.8 Å². The Morgan fingerprint density at radius 3 is 2.52 bits per heavy atom. The molecule has 2 rings (SSSR count). The number of hydrogen-bond donors (Lipinski definition) is 1. The van der Waals surface area contributed by atoms with E-state index in [9.17, 15) is 0 Å². The minimum Gasteiger partial charge on any atom is -0.310 e. The summed E-state index contributed by atoms with van der Waals surface area (Å²) in [5.41, 5.74) is 2.44. The molecule has 112 valence electrons. The van der Waals surface area contributed by atoms with Gasteiger partial charge in [0, 0.05) is 10.5 Å². The molecule has 0 bridgehead atoms. The monoisotopic (exact) mass is 385 g/mol. The van der Waals surface area contributed by atoms with E-state index in [1.54, 1.807) is 0 Å². The fourth-order valence-corrected chi connectivity index (χ4v) is 3.15. The summed E-state index contributed by atoms with van der Waals surface area (Å²) < 4.78 is 1.12. The number of benzene rings is 2. The van der Waals surface area contributed by atoms with Crippen molar-refractivity contribution >= 4 is 39.1 Å². The van der Waals surface area contributed by atoms with E-state index in [4.69, 9.17) is 23.2 Å². The molecule has 0 aromatic heterocycles. The van der Waals surface area contributed by atoms with Crippen LogP contribution in [0.5, 0.6) is 0 Å². The zero-order valence-electron chi connectivity index (χ0n) is 11.9. The van der Waals surface area contributed by atoms with Crippen molar-refractivity contribution in [1.29, 1.82) is 0 Å². The summed E-state index contributed by atoms with van der Waals surface area (Å²) in [5.74, 6) is 0. The third-order valence-corrected chi connectivity index (χ3v) is 4.81. The lowest BCUT2D eigenvalue weighted by Crippen LogP contribution is -2.24. The van der Waals surface area contributed by atoms with Gasteiger partial charge in [0.1, 0.15) is 0 Å². The van der Waals surface area contributed by atoms with Crippen molar-refractivity contribution in [3.8, 4) is 0 Å². The molecule has 0 aliphatic carbocycles. The van der Waals surface area contributed by atoms with Crippen LogP contribution in [-0.2, 0) is 6.42 Å². The van der Waals surface area contributed by atoms with E-state index in [-0.39, 0.29) is 6.04 Å². The molecule has 0 aliphatic heterocycles. The summed E-state index contributed by atoms with van der Waals surface area (Å²) in [4.78, 5) is 0. The van der Waals surface area contributed by atoms with Crippen molar-refractivity contribution < 1.29 is 0 Å². The molecule has 4 heteroatoms. The highest BCUT2D eigenvalue weighted by Crippen LogP contribution is 2.28. The second-order valence-corrected chi connectivity index (χ2v) is 6.65. The summed E-state index contributed by atoms with van der Waals surface area (Å²) in [6, 6.07) is 14.4. The lowest BCUT2D eigenvalue weighted by molar-refractivity contribution is 0.527. The van der Waals surface area contributed by atoms with Gasteiger partial charge in [-0.25, -0.2) is 0 Å². The zero-order chi connectivity index (χ0) is 15.2. The molecule has 0 aliphatic rings. The van der Waals surface area contributed by atoms with Gasteiger partial charge < -0.3 is 5.32 Å². The fourth-order valence-electron chi connectivity index (χ4n) is 2.27. The van der Waals surface area contributed by atoms with Gasteiger partial charge in [-0.3, -0.25) is 0 Å². The molecule has 1 unspecified atom stereocenters. The van der Waals surface area contributed by atoms with Crippen LogP contribution in [0.3, 0.4) is 0 Å². The quantitative estimate of drug-likeness (QED) is 0.638. The Morgan fingerprint density at radius 1 is 1.10 bits per heavy atom. The van der Waals surface area contributed by atoms with E-state index < -0.39 is 0 Å². The van der Waals surface area contributed by atoms with Crippen LogP contribution >= 0.6 is 39.1 Å². The van der Waals surface area contributed by atoms with E-state index in [0.29, 0.717) is 10.0 Å². The van der Waals surface area contributed by atoms with Crippen molar-refractivity contribution in [2.24, 2.45) is 0 Å². The van der Waals surface area contributed by atoms with Gasteiger partial charge in [0.2, 0.25) is 0 Å². The maximum atomic E-state index is 6.12. The van der Waals surface area contributed by atoms with Crippen LogP contribution < -0.4 is 5.32 Å². The highest BCUT2D eigenvalue weighted by molar-refractivity contribution is 9.10. The molecular weight excluding hydrogens is 369 g/mol. The highest BCUT2D eigenvalue weighted by atomic mass is 79.9. The minimum absolute atomic E-state index is 0.248. The van der Waals surface area contributed by atoms with E-state index in [1.165, 1.54) is 11.1 Å². The number of rotatable bonds is 6. The third kappa shape index (κ3) is 4.72. The summed E-state index contributed by atoms with van der Waals surface area (Å²) >= 11 is 15.7. The first kappa shape index (κ1) is 16.8. The molecule has 0 spiro atoms. The second kappa shape index (κ2) is 8.19. The average molecular weight is 387 g/mol. The van der Waals surface area contributed by atoms with Gasteiger partial charge in [-0.2, -0.15) is 0 Å². The van der Waals surface area contributed by atoms with Gasteiger partial charge in [-0.1, -0.05) is 70.3 Å². The average Bonchev–Trinajstić information content (AvgIpc) is 2.48. The molecule has 1 atom stereocenters. The van der Waals surface area contributed by atoms with Crippen molar-refractivity contribution in [3.63, 3.8) is 0 Å². The third-order valence-electron chi connectivity index (χ3n) is 3.35. The lowest BCUT2D eigenvalue weighted by Gasteiger charge is -2.20. The molecular formula is C17H18BrCl2N. The van der Waals surface area contributed by atoms with Crippen LogP contribution in [0.1, 0.15) is 30.5 Å². The van der Waals surface area contributed by atoms with Crippen LogP contribution in [0.15, 0.2) is 46.9 Å². The van der Waals surface area contributed by atoms with Gasteiger partial charge in [-0.15, -0.1) is 0 Å². The van der Waals surface area contributed by atoms with Crippen molar-refractivity contribution in [1.82, 2.24) is 5.32 Å². The summed E-state index contributed by atoms with van der Waals surface area (Å²) in [5, 5.41) is 4.81. The SMILES string of the molecule is CCCNC(Cc1ccc(Cl)c(Cl)c1)c1ccccc1Br. The van der Waals surface area contributed by atoms with Gasteiger partial charge in [0.15, 0.2) is 0 Å². The smallest absolute Gasteiger partial charge is 0.0595 e. The van der Waals surface area contributed by atoms with E-state index in [2.05, 4.69) is 46.4 Å². The molecule has 0 saturated carbocycles. The van der Waals surface area contributed by atoms with Gasteiger partial charge >= 0.3 is 0 Å². The maximum Gasteiger partial charge on any atom is 0.0595 e. The van der Waals surface area contributed by atoms with Crippen molar-refractivity contribution in [2.75, 3.05) is 6.54 Å². The molecule has 0 saturated heterocycles. The maximum absolute atomic E-state index is 6.12. The largest absolute Gasteiger partial charge is 0.310 e. The first-order valence-corrected chi connectivity index (χ1v) is 8.58. The van der Waals surface area contributed by atoms with E-state index in [1.807, 2.05) is 24.3 Å². The lowest BCUT2D eigenvalue weighted by atomic mass is 9.98. The number of halogens is 3. The Morgan fingerprint density at radius 2 is 1.86 bits per heavy atom. The second-order valence-electron chi connectivity index (χ2n) is 4.98. The molecule has 2 aromatic carbocycles. The van der Waals surface area contributed by atoms with Crippen LogP contribution in [0.4, 0.5) is 0 Å². The molecule has 0 amide bonds. The summed E-state index contributed by atoms with van der Waals surface area (Å²) in [6.07, 6.45) is 1.97. The van der Waals surface area contributed by atoms with Crippen LogP contribution in [-0.4, -0.2) is 6.54 Å². The van der Waals surface area contributed by atoms with Crippen LogP contribution in [0, 0.1) is 0 Å². The predicted molar refractivity (Wildman–Crippen MR) is 95.3 cm³/mol. The Balaban J connectivity index is 2.24. The normalized spacial score (nSPS) is 12.4. The van der Waals surface area contributed by atoms with Gasteiger partial charge in [0.05, 0.1) is 10.0 Å². The first-order chi connectivity index (χ1) is 10.1. The molecule has 2 aromatic rings. The Labute approximate surface area is 144 Å². The molecule has 0 heterocycles. The fraction of sp³-hybridized carbons (Fsp3) is 0.294. The number of hydrogen-bond acceptors (Lipinski definition) is 1. The van der Waals surface area contributed by atoms with Gasteiger partial charge in [0.25, 0.3) is 0 Å². The van der Waals surface area contributed by atoms with E-state index >= 15 is 0 Å². The first-order valence-electron chi connectivity index (χ1n) is 7.03. The Hall–Kier alpha value is -0.540.